The van der Waals surface area contributed by atoms with Crippen LogP contribution in [-0.2, 0) is 19.8 Å². The summed E-state index contributed by atoms with van der Waals surface area (Å²) in [6, 6.07) is 7.70. The van der Waals surface area contributed by atoms with E-state index in [9.17, 15) is 22.8 Å². The number of benzene rings is 1. The number of nitrogens with zero attached hydrogens (tertiary/aromatic N) is 3. The van der Waals surface area contributed by atoms with E-state index in [4.69, 9.17) is 0 Å². The minimum absolute atomic E-state index is 0.0778. The van der Waals surface area contributed by atoms with E-state index < -0.39 is 11.7 Å². The molecule has 1 aromatic carbocycles. The van der Waals surface area contributed by atoms with E-state index in [0.29, 0.717) is 13.1 Å². The Bertz CT molecular complexity index is 877. The first-order valence-electron chi connectivity index (χ1n) is 8.46. The molecule has 2 aromatic rings. The van der Waals surface area contributed by atoms with E-state index in [0.717, 1.165) is 35.3 Å². The van der Waals surface area contributed by atoms with E-state index in [2.05, 4.69) is 15.3 Å². The van der Waals surface area contributed by atoms with Gasteiger partial charge in [0.05, 0.1) is 5.56 Å². The van der Waals surface area contributed by atoms with Crippen LogP contribution < -0.4 is 10.9 Å². The van der Waals surface area contributed by atoms with Gasteiger partial charge in [0.2, 0.25) is 0 Å². The molecule has 0 radical (unpaired) electrons. The number of halogens is 3. The third-order valence-electron chi connectivity index (χ3n) is 4.49. The van der Waals surface area contributed by atoms with E-state index in [1.807, 2.05) is 0 Å². The maximum atomic E-state index is 12.6. The number of hydrogen-bond donors (Lipinski definition) is 1. The summed E-state index contributed by atoms with van der Waals surface area (Å²) in [7, 11) is 1.47. The fourth-order valence-corrected chi connectivity index (χ4v) is 3.03. The molecule has 0 saturated carbocycles. The molecule has 1 atom stereocenters. The number of alkyl halides is 3. The van der Waals surface area contributed by atoms with Gasteiger partial charge in [-0.3, -0.25) is 14.5 Å². The summed E-state index contributed by atoms with van der Waals surface area (Å²) in [4.78, 5) is 25.6. The minimum Gasteiger partial charge on any atom is -0.347 e. The molecular formula is C18H19F3N4O2. The zero-order valence-electron chi connectivity index (χ0n) is 14.7. The second kappa shape index (κ2) is 7.51. The quantitative estimate of drug-likeness (QED) is 0.879. The Hall–Kier alpha value is -2.68. The predicted molar refractivity (Wildman–Crippen MR) is 92.1 cm³/mol. The van der Waals surface area contributed by atoms with E-state index in [-0.39, 0.29) is 23.2 Å². The first-order chi connectivity index (χ1) is 12.7. The van der Waals surface area contributed by atoms with Crippen LogP contribution in [0.2, 0.25) is 0 Å². The summed E-state index contributed by atoms with van der Waals surface area (Å²) in [5, 5.41) is 6.80. The molecule has 1 aliphatic rings. The Morgan fingerprint density at radius 3 is 2.56 bits per heavy atom. The maximum Gasteiger partial charge on any atom is 0.416 e. The summed E-state index contributed by atoms with van der Waals surface area (Å²) >= 11 is 0. The van der Waals surface area contributed by atoms with Crippen molar-refractivity contribution in [1.82, 2.24) is 20.0 Å². The van der Waals surface area contributed by atoms with Gasteiger partial charge in [-0.1, -0.05) is 12.1 Å². The van der Waals surface area contributed by atoms with Crippen LogP contribution in [0.15, 0.2) is 41.2 Å². The first-order valence-corrected chi connectivity index (χ1v) is 8.46. The number of rotatable bonds is 4. The van der Waals surface area contributed by atoms with Gasteiger partial charge in [0, 0.05) is 38.8 Å². The van der Waals surface area contributed by atoms with Crippen molar-refractivity contribution in [3.8, 4) is 0 Å². The van der Waals surface area contributed by atoms with Crippen LogP contribution in [0.5, 0.6) is 0 Å². The summed E-state index contributed by atoms with van der Waals surface area (Å²) in [6.07, 6.45) is -3.60. The Morgan fingerprint density at radius 1 is 1.22 bits per heavy atom. The van der Waals surface area contributed by atoms with Crippen LogP contribution in [0.25, 0.3) is 0 Å². The van der Waals surface area contributed by atoms with Gasteiger partial charge >= 0.3 is 6.18 Å². The minimum atomic E-state index is -4.34. The van der Waals surface area contributed by atoms with Gasteiger partial charge in [-0.25, -0.2) is 4.68 Å². The number of nitrogens with one attached hydrogen (secondary N) is 1. The number of aromatic nitrogens is 2. The summed E-state index contributed by atoms with van der Waals surface area (Å²) in [5.41, 5.74) is -0.00861. The number of hydrogen-bond acceptors (Lipinski definition) is 4. The number of likely N-dealkylation sites (tertiary alicyclic amines) is 1. The standard InChI is InChI=1S/C18H19F3N4O2/c1-24-16(26)7-6-15(23-24)17(27)22-14-8-9-25(11-14)10-12-2-4-13(5-3-12)18(19,20)21/h2-7,14H,8-11H2,1H3,(H,22,27). The highest BCUT2D eigenvalue weighted by atomic mass is 19.4. The van der Waals surface area contributed by atoms with Crippen LogP contribution in [0, 0.1) is 0 Å². The maximum absolute atomic E-state index is 12.6. The molecule has 3 rings (SSSR count). The van der Waals surface area contributed by atoms with Gasteiger partial charge in [0.1, 0.15) is 5.69 Å². The third kappa shape index (κ3) is 4.73. The first kappa shape index (κ1) is 19.1. The van der Waals surface area contributed by atoms with Crippen molar-refractivity contribution >= 4 is 5.91 Å². The molecule has 0 bridgehead atoms. The fourth-order valence-electron chi connectivity index (χ4n) is 3.03. The van der Waals surface area contributed by atoms with Crippen LogP contribution in [0.1, 0.15) is 28.0 Å². The molecular weight excluding hydrogens is 361 g/mol. The van der Waals surface area contributed by atoms with Crippen molar-refractivity contribution in [3.05, 3.63) is 63.6 Å². The predicted octanol–water partition coefficient (Wildman–Crippen LogP) is 1.80. The largest absolute Gasteiger partial charge is 0.416 e. The summed E-state index contributed by atoms with van der Waals surface area (Å²) in [5.74, 6) is -0.355. The second-order valence-electron chi connectivity index (χ2n) is 6.57. The molecule has 9 heteroatoms. The van der Waals surface area contributed by atoms with Crippen LogP contribution in [0.3, 0.4) is 0 Å². The summed E-state index contributed by atoms with van der Waals surface area (Å²) in [6.45, 7) is 1.84. The third-order valence-corrected chi connectivity index (χ3v) is 4.49. The van der Waals surface area contributed by atoms with E-state index in [1.165, 1.54) is 31.3 Å². The molecule has 1 unspecified atom stereocenters. The lowest BCUT2D eigenvalue weighted by Gasteiger charge is -2.17. The Labute approximate surface area is 153 Å². The van der Waals surface area contributed by atoms with Gasteiger partial charge in [0.25, 0.3) is 11.5 Å². The second-order valence-corrected chi connectivity index (χ2v) is 6.57. The van der Waals surface area contributed by atoms with Crippen molar-refractivity contribution in [2.75, 3.05) is 13.1 Å². The van der Waals surface area contributed by atoms with Crippen molar-refractivity contribution in [2.45, 2.75) is 25.2 Å². The lowest BCUT2D eigenvalue weighted by atomic mass is 10.1. The highest BCUT2D eigenvalue weighted by Crippen LogP contribution is 2.29. The smallest absolute Gasteiger partial charge is 0.347 e. The number of carbonyl (C=O) groups excluding carboxylic acids is 1. The molecule has 1 N–H and O–H groups in total. The highest BCUT2D eigenvalue weighted by Gasteiger charge is 2.30. The number of carbonyl (C=O) groups is 1. The molecule has 144 valence electrons. The number of amides is 1. The topological polar surface area (TPSA) is 67.2 Å². The average molecular weight is 380 g/mol. The molecule has 6 nitrogen and oxygen atoms in total. The van der Waals surface area contributed by atoms with Crippen molar-refractivity contribution < 1.29 is 18.0 Å². The normalized spacial score (nSPS) is 17.9. The average Bonchev–Trinajstić information content (AvgIpc) is 3.04. The molecule has 0 aliphatic carbocycles. The molecule has 1 amide bonds. The van der Waals surface area contributed by atoms with E-state index >= 15 is 0 Å². The van der Waals surface area contributed by atoms with Crippen molar-refractivity contribution in [1.29, 1.82) is 0 Å². The zero-order chi connectivity index (χ0) is 19.6. The SMILES string of the molecule is Cn1nc(C(=O)NC2CCN(Cc3ccc(C(F)(F)F)cc3)C2)ccc1=O. The zero-order valence-corrected chi connectivity index (χ0v) is 14.7. The molecule has 0 spiro atoms. The summed E-state index contributed by atoms with van der Waals surface area (Å²) < 4.78 is 38.9. The molecule has 2 heterocycles. The molecule has 1 aromatic heterocycles. The Morgan fingerprint density at radius 2 is 1.93 bits per heavy atom. The van der Waals surface area contributed by atoms with Crippen molar-refractivity contribution in [3.63, 3.8) is 0 Å². The molecule has 27 heavy (non-hydrogen) atoms. The van der Waals surface area contributed by atoms with Gasteiger partial charge < -0.3 is 5.32 Å². The monoisotopic (exact) mass is 380 g/mol. The van der Waals surface area contributed by atoms with Crippen molar-refractivity contribution in [2.24, 2.45) is 7.05 Å². The lowest BCUT2D eigenvalue weighted by Crippen LogP contribution is -2.38. The highest BCUT2D eigenvalue weighted by molar-refractivity contribution is 5.92. The van der Waals surface area contributed by atoms with Gasteiger partial charge in [-0.2, -0.15) is 18.3 Å². The molecule has 1 saturated heterocycles. The van der Waals surface area contributed by atoms with Gasteiger partial charge in [0.15, 0.2) is 0 Å². The van der Waals surface area contributed by atoms with Crippen LogP contribution in [-0.4, -0.2) is 39.7 Å². The Kier molecular flexibility index (Phi) is 5.31. The van der Waals surface area contributed by atoms with Gasteiger partial charge in [-0.05, 0) is 30.2 Å². The lowest BCUT2D eigenvalue weighted by molar-refractivity contribution is -0.137. The molecule has 1 fully saturated rings. The Balaban J connectivity index is 1.54. The van der Waals surface area contributed by atoms with Crippen LogP contribution in [0.4, 0.5) is 13.2 Å². The molecule has 1 aliphatic heterocycles. The fraction of sp³-hybridized carbons (Fsp3) is 0.389. The van der Waals surface area contributed by atoms with Gasteiger partial charge in [-0.15, -0.1) is 0 Å². The van der Waals surface area contributed by atoms with Crippen LogP contribution >= 0.6 is 0 Å². The van der Waals surface area contributed by atoms with E-state index in [1.54, 1.807) is 0 Å². The number of aryl methyl sites for hydroxylation is 1.